The second-order valence-electron chi connectivity index (χ2n) is 4.60. The van der Waals surface area contributed by atoms with Crippen molar-refractivity contribution in [3.63, 3.8) is 0 Å². The fourth-order valence-corrected chi connectivity index (χ4v) is 1.99. The first-order valence-corrected chi connectivity index (χ1v) is 5.97. The number of anilines is 1. The van der Waals surface area contributed by atoms with E-state index in [4.69, 9.17) is 11.6 Å². The number of hydrazine groups is 1. The van der Waals surface area contributed by atoms with Crippen LogP contribution in [0.15, 0.2) is 30.5 Å². The minimum absolute atomic E-state index is 0.267. The number of rotatable bonds is 3. The van der Waals surface area contributed by atoms with Gasteiger partial charge in [0.15, 0.2) is 0 Å². The summed E-state index contributed by atoms with van der Waals surface area (Å²) in [7, 11) is 0. The van der Waals surface area contributed by atoms with Gasteiger partial charge in [-0.1, -0.05) is 12.1 Å². The van der Waals surface area contributed by atoms with Crippen LogP contribution in [0.4, 0.5) is 10.2 Å². The van der Waals surface area contributed by atoms with Gasteiger partial charge in [-0.15, -0.1) is 0 Å². The average molecular weight is 260 g/mol. The average Bonchev–Trinajstić information content (AvgIpc) is 2.38. The van der Waals surface area contributed by atoms with Gasteiger partial charge in [-0.2, -0.15) is 0 Å². The summed E-state index contributed by atoms with van der Waals surface area (Å²) in [5.74, 6) is 5.71. The molecule has 2 aromatic rings. The number of benzene rings is 1. The summed E-state index contributed by atoms with van der Waals surface area (Å²) in [6, 6.07) is 6.51. The summed E-state index contributed by atoms with van der Waals surface area (Å²) < 4.78 is 13.7. The molecule has 0 aliphatic heterocycles. The predicted octanol–water partition coefficient (Wildman–Crippen LogP) is 1.97. The lowest BCUT2D eigenvalue weighted by atomic mass is 9.97. The van der Waals surface area contributed by atoms with Crippen LogP contribution < -0.4 is 17.0 Å². The van der Waals surface area contributed by atoms with Crippen LogP contribution in [0.3, 0.4) is 0 Å². The molecule has 0 spiro atoms. The molecular formula is C14H17FN4. The Morgan fingerprint density at radius 1 is 1.26 bits per heavy atom. The van der Waals surface area contributed by atoms with Crippen molar-refractivity contribution in [1.82, 2.24) is 10.4 Å². The molecule has 1 heterocycles. The molecule has 1 unspecified atom stereocenters. The second kappa shape index (κ2) is 5.34. The Balaban J connectivity index is 2.49. The van der Waals surface area contributed by atoms with Crippen molar-refractivity contribution >= 4 is 5.82 Å². The molecule has 100 valence electrons. The van der Waals surface area contributed by atoms with Crippen molar-refractivity contribution in [3.05, 3.63) is 58.5 Å². The molecule has 0 bridgehead atoms. The standard InChI is InChI=1S/C14H17FN4/c1-8-5-11(14(16)18-7-8)13(19-17)10-4-3-9(2)12(15)6-10/h3-7,13,19H,17H2,1-2H3,(H2,16,18). The van der Waals surface area contributed by atoms with Gasteiger partial charge >= 0.3 is 0 Å². The van der Waals surface area contributed by atoms with Crippen molar-refractivity contribution < 1.29 is 4.39 Å². The maximum Gasteiger partial charge on any atom is 0.128 e. The number of halogens is 1. The zero-order valence-corrected chi connectivity index (χ0v) is 10.9. The van der Waals surface area contributed by atoms with Crippen molar-refractivity contribution in [2.45, 2.75) is 19.9 Å². The van der Waals surface area contributed by atoms with Crippen LogP contribution in [0.25, 0.3) is 0 Å². The van der Waals surface area contributed by atoms with E-state index in [1.165, 1.54) is 6.07 Å². The van der Waals surface area contributed by atoms with E-state index in [0.29, 0.717) is 16.9 Å². The molecule has 4 nitrogen and oxygen atoms in total. The topological polar surface area (TPSA) is 77.0 Å². The molecule has 5 N–H and O–H groups in total. The summed E-state index contributed by atoms with van der Waals surface area (Å²) in [6.45, 7) is 3.63. The third-order valence-electron chi connectivity index (χ3n) is 3.09. The van der Waals surface area contributed by atoms with Gasteiger partial charge in [0.2, 0.25) is 0 Å². The quantitative estimate of drug-likeness (QED) is 0.582. The zero-order valence-electron chi connectivity index (χ0n) is 10.9. The van der Waals surface area contributed by atoms with E-state index in [0.717, 1.165) is 11.1 Å². The molecule has 1 aromatic heterocycles. The van der Waals surface area contributed by atoms with Crippen LogP contribution in [-0.4, -0.2) is 4.98 Å². The molecule has 0 aliphatic carbocycles. The van der Waals surface area contributed by atoms with E-state index in [1.807, 2.05) is 19.1 Å². The van der Waals surface area contributed by atoms with Gasteiger partial charge in [0.25, 0.3) is 0 Å². The van der Waals surface area contributed by atoms with Gasteiger partial charge in [0.1, 0.15) is 11.6 Å². The first-order chi connectivity index (χ1) is 9.02. The zero-order chi connectivity index (χ0) is 14.0. The van der Waals surface area contributed by atoms with Crippen molar-refractivity contribution in [2.75, 3.05) is 5.73 Å². The molecule has 0 saturated carbocycles. The summed E-state index contributed by atoms with van der Waals surface area (Å²) in [5.41, 5.74) is 11.5. The molecule has 0 radical (unpaired) electrons. The predicted molar refractivity (Wildman–Crippen MR) is 73.7 cm³/mol. The Bertz CT molecular complexity index is 598. The van der Waals surface area contributed by atoms with Crippen LogP contribution in [0.5, 0.6) is 0 Å². The number of nitrogen functional groups attached to an aromatic ring is 1. The lowest BCUT2D eigenvalue weighted by molar-refractivity contribution is 0.599. The Kier molecular flexibility index (Phi) is 3.78. The molecule has 1 aromatic carbocycles. The molecule has 2 rings (SSSR count). The highest BCUT2D eigenvalue weighted by atomic mass is 19.1. The highest BCUT2D eigenvalue weighted by Crippen LogP contribution is 2.26. The van der Waals surface area contributed by atoms with Crippen molar-refractivity contribution in [3.8, 4) is 0 Å². The fourth-order valence-electron chi connectivity index (χ4n) is 1.99. The Morgan fingerprint density at radius 2 is 2.00 bits per heavy atom. The first-order valence-electron chi connectivity index (χ1n) is 5.97. The minimum Gasteiger partial charge on any atom is -0.383 e. The molecular weight excluding hydrogens is 243 g/mol. The number of hydrogen-bond donors (Lipinski definition) is 3. The monoisotopic (exact) mass is 260 g/mol. The van der Waals surface area contributed by atoms with E-state index in [9.17, 15) is 4.39 Å². The van der Waals surface area contributed by atoms with Crippen LogP contribution in [0.2, 0.25) is 0 Å². The number of aryl methyl sites for hydroxylation is 2. The van der Waals surface area contributed by atoms with E-state index in [-0.39, 0.29) is 11.9 Å². The van der Waals surface area contributed by atoms with Gasteiger partial charge < -0.3 is 5.73 Å². The van der Waals surface area contributed by atoms with Gasteiger partial charge in [-0.3, -0.25) is 5.84 Å². The maximum absolute atomic E-state index is 13.7. The molecule has 1 atom stereocenters. The van der Waals surface area contributed by atoms with Crippen molar-refractivity contribution in [2.24, 2.45) is 5.84 Å². The smallest absolute Gasteiger partial charge is 0.128 e. The fraction of sp³-hybridized carbons (Fsp3) is 0.214. The first kappa shape index (κ1) is 13.5. The molecule has 19 heavy (non-hydrogen) atoms. The highest BCUT2D eigenvalue weighted by molar-refractivity contribution is 5.47. The molecule has 0 saturated heterocycles. The Labute approximate surface area is 111 Å². The number of nitrogens with two attached hydrogens (primary N) is 2. The van der Waals surface area contributed by atoms with Crippen LogP contribution in [-0.2, 0) is 0 Å². The molecule has 0 aliphatic rings. The van der Waals surface area contributed by atoms with Crippen molar-refractivity contribution in [1.29, 1.82) is 0 Å². The number of aromatic nitrogens is 1. The number of nitrogens with zero attached hydrogens (tertiary/aromatic N) is 1. The molecule has 0 amide bonds. The van der Waals surface area contributed by atoms with Crippen LogP contribution in [0, 0.1) is 19.7 Å². The lowest BCUT2D eigenvalue weighted by Crippen LogP contribution is -2.29. The molecule has 0 fully saturated rings. The summed E-state index contributed by atoms with van der Waals surface area (Å²) in [4.78, 5) is 4.10. The molecule has 5 heteroatoms. The van der Waals surface area contributed by atoms with E-state index in [1.54, 1.807) is 19.2 Å². The van der Waals surface area contributed by atoms with E-state index in [2.05, 4.69) is 10.4 Å². The van der Waals surface area contributed by atoms with Crippen LogP contribution in [0.1, 0.15) is 28.3 Å². The van der Waals surface area contributed by atoms with Gasteiger partial charge in [0.05, 0.1) is 6.04 Å². The lowest BCUT2D eigenvalue weighted by Gasteiger charge is -2.19. The second-order valence-corrected chi connectivity index (χ2v) is 4.60. The van der Waals surface area contributed by atoms with Gasteiger partial charge in [-0.05, 0) is 42.7 Å². The normalized spacial score (nSPS) is 12.4. The maximum atomic E-state index is 13.7. The Hall–Kier alpha value is -1.98. The summed E-state index contributed by atoms with van der Waals surface area (Å²) >= 11 is 0. The van der Waals surface area contributed by atoms with Crippen LogP contribution >= 0.6 is 0 Å². The Morgan fingerprint density at radius 3 is 2.63 bits per heavy atom. The number of hydrogen-bond acceptors (Lipinski definition) is 4. The highest BCUT2D eigenvalue weighted by Gasteiger charge is 2.17. The number of pyridine rings is 1. The van der Waals surface area contributed by atoms with E-state index >= 15 is 0 Å². The van der Waals surface area contributed by atoms with Gasteiger partial charge in [0, 0.05) is 11.8 Å². The number of nitrogens with one attached hydrogen (secondary N) is 1. The third-order valence-corrected chi connectivity index (χ3v) is 3.09. The third kappa shape index (κ3) is 2.72. The summed E-state index contributed by atoms with van der Waals surface area (Å²) in [6.07, 6.45) is 1.68. The minimum atomic E-state index is -0.387. The van der Waals surface area contributed by atoms with Gasteiger partial charge in [-0.25, -0.2) is 14.8 Å². The summed E-state index contributed by atoms with van der Waals surface area (Å²) in [5, 5.41) is 0. The SMILES string of the molecule is Cc1cnc(N)c(C(NN)c2ccc(C)c(F)c2)c1. The van der Waals surface area contributed by atoms with E-state index < -0.39 is 0 Å². The largest absolute Gasteiger partial charge is 0.383 e.